The van der Waals surface area contributed by atoms with Gasteiger partial charge in [0.15, 0.2) is 0 Å². The number of nitrogens with zero attached hydrogens (tertiary/aromatic N) is 3. The van der Waals surface area contributed by atoms with Gasteiger partial charge >= 0.3 is 0 Å². The van der Waals surface area contributed by atoms with Crippen LogP contribution >= 0.6 is 0 Å². The molecule has 1 heterocycles. The predicted molar refractivity (Wildman–Crippen MR) is 78.2 cm³/mol. The van der Waals surface area contributed by atoms with Crippen LogP contribution in [0, 0.1) is 0 Å². The molecule has 0 radical (unpaired) electrons. The molecule has 4 nitrogen and oxygen atoms in total. The Labute approximate surface area is 113 Å². The first kappa shape index (κ1) is 13.2. The third kappa shape index (κ3) is 2.96. The van der Waals surface area contributed by atoms with Gasteiger partial charge in [0.05, 0.1) is 5.71 Å². The molecule has 0 spiro atoms. The first-order chi connectivity index (χ1) is 9.26. The fourth-order valence-corrected chi connectivity index (χ4v) is 1.83. The number of aromatic amines is 1. The van der Waals surface area contributed by atoms with Gasteiger partial charge < -0.3 is 0 Å². The Hall–Kier alpha value is -2.23. The number of hydrogen-bond donors (Lipinski definition) is 1. The Morgan fingerprint density at radius 2 is 2.00 bits per heavy atom. The van der Waals surface area contributed by atoms with Crippen molar-refractivity contribution < 1.29 is 0 Å². The molecule has 0 aliphatic rings. The van der Waals surface area contributed by atoms with Crippen molar-refractivity contribution in [3.8, 4) is 11.3 Å². The van der Waals surface area contributed by atoms with Crippen molar-refractivity contribution in [2.24, 2.45) is 4.99 Å². The predicted octanol–water partition coefficient (Wildman–Crippen LogP) is 3.38. The van der Waals surface area contributed by atoms with Crippen LogP contribution in [0.2, 0.25) is 0 Å². The Bertz CT molecular complexity index is 591. The molecule has 2 aromatic rings. The van der Waals surface area contributed by atoms with Gasteiger partial charge in [0.1, 0.15) is 11.4 Å². The van der Waals surface area contributed by atoms with E-state index in [4.69, 9.17) is 0 Å². The third-order valence-electron chi connectivity index (χ3n) is 2.94. The van der Waals surface area contributed by atoms with Crippen LogP contribution in [0.15, 0.2) is 41.5 Å². The number of hydrogen-bond acceptors (Lipinski definition) is 3. The highest BCUT2D eigenvalue weighted by molar-refractivity contribution is 6.02. The summed E-state index contributed by atoms with van der Waals surface area (Å²) < 4.78 is 0. The van der Waals surface area contributed by atoms with E-state index >= 15 is 0 Å². The minimum atomic E-state index is 0.794. The van der Waals surface area contributed by atoms with Crippen molar-refractivity contribution >= 4 is 5.71 Å². The summed E-state index contributed by atoms with van der Waals surface area (Å²) in [5.74, 6) is 0. The van der Waals surface area contributed by atoms with E-state index in [0.29, 0.717) is 0 Å². The van der Waals surface area contributed by atoms with Crippen LogP contribution in [0.5, 0.6) is 0 Å². The second kappa shape index (κ2) is 6.09. The van der Waals surface area contributed by atoms with Gasteiger partial charge in [0, 0.05) is 11.8 Å². The molecule has 0 saturated carbocycles. The molecule has 1 aromatic carbocycles. The highest BCUT2D eigenvalue weighted by Crippen LogP contribution is 2.21. The summed E-state index contributed by atoms with van der Waals surface area (Å²) in [6.07, 6.45) is 4.68. The number of aryl methyl sites for hydroxylation is 1. The minimum Gasteiger partial charge on any atom is -0.260 e. The molecule has 0 aliphatic carbocycles. The van der Waals surface area contributed by atoms with Crippen molar-refractivity contribution in [1.29, 1.82) is 0 Å². The second-order valence-corrected chi connectivity index (χ2v) is 4.27. The lowest BCUT2D eigenvalue weighted by molar-refractivity contribution is 0.938. The topological polar surface area (TPSA) is 53.9 Å². The Balaban J connectivity index is 2.38. The maximum Gasteiger partial charge on any atom is 0.134 e. The largest absolute Gasteiger partial charge is 0.260 e. The average Bonchev–Trinajstić information content (AvgIpc) is 2.94. The second-order valence-electron chi connectivity index (χ2n) is 4.27. The first-order valence-corrected chi connectivity index (χ1v) is 6.42. The molecule has 0 amide bonds. The van der Waals surface area contributed by atoms with E-state index in [1.165, 1.54) is 5.56 Å². The molecule has 0 saturated heterocycles. The van der Waals surface area contributed by atoms with Crippen LogP contribution in [-0.2, 0) is 6.42 Å². The molecule has 0 aliphatic heterocycles. The van der Waals surface area contributed by atoms with E-state index in [1.54, 1.807) is 6.20 Å². The number of aromatic nitrogens is 3. The molecule has 4 heteroatoms. The minimum absolute atomic E-state index is 0.794. The van der Waals surface area contributed by atoms with Gasteiger partial charge in [-0.15, -0.1) is 0 Å². The van der Waals surface area contributed by atoms with E-state index in [-0.39, 0.29) is 0 Å². The molecule has 0 atom stereocenters. The van der Waals surface area contributed by atoms with Gasteiger partial charge in [-0.25, -0.2) is 0 Å². The Kier molecular flexibility index (Phi) is 4.23. The molecule has 19 heavy (non-hydrogen) atoms. The van der Waals surface area contributed by atoms with Crippen LogP contribution in [0.1, 0.15) is 32.0 Å². The van der Waals surface area contributed by atoms with Gasteiger partial charge in [-0.3, -0.25) is 4.99 Å². The number of H-pyrrole nitrogens is 1. The standard InChI is InChI=1S/C15H18N4/c1-4-10-16-11(3)14-15(18-19-17-14)13-8-6-12(5-2)7-9-13/h4,6-10H,5H2,1-3H3,(H,17,18,19)/b10-4-,16-11?. The van der Waals surface area contributed by atoms with Gasteiger partial charge in [0.2, 0.25) is 0 Å². The lowest BCUT2D eigenvalue weighted by Crippen LogP contribution is -1.97. The normalized spacial score (nSPS) is 12.3. The quantitative estimate of drug-likeness (QED) is 0.850. The smallest absolute Gasteiger partial charge is 0.134 e. The number of nitrogens with one attached hydrogen (secondary N) is 1. The molecule has 0 bridgehead atoms. The van der Waals surface area contributed by atoms with Crippen LogP contribution in [0.4, 0.5) is 0 Å². The van der Waals surface area contributed by atoms with Gasteiger partial charge in [0.25, 0.3) is 0 Å². The number of allylic oxidation sites excluding steroid dienone is 1. The first-order valence-electron chi connectivity index (χ1n) is 6.42. The molecule has 2 rings (SSSR count). The summed E-state index contributed by atoms with van der Waals surface area (Å²) in [5.41, 5.74) is 4.85. The zero-order valence-corrected chi connectivity index (χ0v) is 11.5. The monoisotopic (exact) mass is 254 g/mol. The lowest BCUT2D eigenvalue weighted by Gasteiger charge is -2.01. The van der Waals surface area contributed by atoms with E-state index in [2.05, 4.69) is 51.6 Å². The molecule has 1 aromatic heterocycles. The van der Waals surface area contributed by atoms with Crippen molar-refractivity contribution in [2.75, 3.05) is 0 Å². The molecule has 0 unspecified atom stereocenters. The van der Waals surface area contributed by atoms with E-state index in [9.17, 15) is 0 Å². The van der Waals surface area contributed by atoms with Crippen LogP contribution < -0.4 is 0 Å². The molecule has 1 N–H and O–H groups in total. The number of rotatable bonds is 4. The highest BCUT2D eigenvalue weighted by Gasteiger charge is 2.12. The Morgan fingerprint density at radius 3 is 2.63 bits per heavy atom. The average molecular weight is 254 g/mol. The summed E-state index contributed by atoms with van der Waals surface area (Å²) in [7, 11) is 0. The number of aliphatic imine (C=N–C) groups is 1. The fourth-order valence-electron chi connectivity index (χ4n) is 1.83. The van der Waals surface area contributed by atoms with E-state index < -0.39 is 0 Å². The lowest BCUT2D eigenvalue weighted by atomic mass is 10.1. The van der Waals surface area contributed by atoms with E-state index in [1.807, 2.05) is 19.9 Å². The zero-order valence-electron chi connectivity index (χ0n) is 11.5. The van der Waals surface area contributed by atoms with Crippen molar-refractivity contribution in [1.82, 2.24) is 15.4 Å². The summed E-state index contributed by atoms with van der Waals surface area (Å²) >= 11 is 0. The van der Waals surface area contributed by atoms with Crippen molar-refractivity contribution in [3.63, 3.8) is 0 Å². The summed E-state index contributed by atoms with van der Waals surface area (Å²) in [4.78, 5) is 4.32. The van der Waals surface area contributed by atoms with Crippen LogP contribution in [0.3, 0.4) is 0 Å². The zero-order chi connectivity index (χ0) is 13.7. The maximum atomic E-state index is 4.32. The summed E-state index contributed by atoms with van der Waals surface area (Å²) in [5, 5.41) is 11.1. The third-order valence-corrected chi connectivity index (χ3v) is 2.94. The molecule has 98 valence electrons. The van der Waals surface area contributed by atoms with E-state index in [0.717, 1.165) is 29.1 Å². The maximum absolute atomic E-state index is 4.32. The Morgan fingerprint density at radius 1 is 1.26 bits per heavy atom. The van der Waals surface area contributed by atoms with Crippen LogP contribution in [0.25, 0.3) is 11.3 Å². The molecular weight excluding hydrogens is 236 g/mol. The summed E-state index contributed by atoms with van der Waals surface area (Å²) in [6, 6.07) is 8.38. The van der Waals surface area contributed by atoms with Crippen LogP contribution in [-0.4, -0.2) is 21.1 Å². The SMILES string of the molecule is C/C=C\N=C(C)c1n[nH]nc1-c1ccc(CC)cc1. The summed E-state index contributed by atoms with van der Waals surface area (Å²) in [6.45, 7) is 6.01. The van der Waals surface area contributed by atoms with Gasteiger partial charge in [-0.2, -0.15) is 15.4 Å². The van der Waals surface area contributed by atoms with Gasteiger partial charge in [-0.05, 0) is 25.8 Å². The van der Waals surface area contributed by atoms with Crippen molar-refractivity contribution in [2.45, 2.75) is 27.2 Å². The molecular formula is C15H18N4. The molecule has 0 fully saturated rings. The number of benzene rings is 1. The fraction of sp³-hybridized carbons (Fsp3) is 0.267. The highest BCUT2D eigenvalue weighted by atomic mass is 15.3. The van der Waals surface area contributed by atoms with Crippen molar-refractivity contribution in [3.05, 3.63) is 47.8 Å². The van der Waals surface area contributed by atoms with Gasteiger partial charge in [-0.1, -0.05) is 37.3 Å².